The van der Waals surface area contributed by atoms with E-state index < -0.39 is 0 Å². The number of methoxy groups -OCH3 is 1. The number of nitrogens with zero attached hydrogens (tertiary/aromatic N) is 1. The van der Waals surface area contributed by atoms with E-state index in [4.69, 9.17) is 21.1 Å². The highest BCUT2D eigenvalue weighted by Crippen LogP contribution is 2.36. The van der Waals surface area contributed by atoms with Gasteiger partial charge in [0, 0.05) is 16.3 Å². The highest BCUT2D eigenvalue weighted by atomic mass is 35.5. The quantitative estimate of drug-likeness (QED) is 0.267. The van der Waals surface area contributed by atoms with Crippen molar-refractivity contribution < 1.29 is 14.3 Å². The first-order chi connectivity index (χ1) is 17.1. The number of anilines is 1. The van der Waals surface area contributed by atoms with Gasteiger partial charge < -0.3 is 9.47 Å². The summed E-state index contributed by atoms with van der Waals surface area (Å²) in [5, 5.41) is 0.644. The minimum atomic E-state index is -0.0948. The Morgan fingerprint density at radius 1 is 0.743 bits per heavy atom. The lowest BCUT2D eigenvalue weighted by Crippen LogP contribution is -2.24. The van der Waals surface area contributed by atoms with Crippen molar-refractivity contribution >= 4 is 35.0 Å². The van der Waals surface area contributed by atoms with Crippen LogP contribution in [-0.4, -0.2) is 13.0 Å². The van der Waals surface area contributed by atoms with E-state index in [0.717, 1.165) is 28.3 Å². The molecule has 0 aliphatic carbocycles. The summed E-state index contributed by atoms with van der Waals surface area (Å²) in [4.78, 5) is 15.3. The number of carbonyl (C=O) groups excluding carboxylic acids is 1. The Morgan fingerprint density at radius 2 is 1.34 bits per heavy atom. The monoisotopic (exact) mass is 479 g/mol. The van der Waals surface area contributed by atoms with Gasteiger partial charge in [0.05, 0.1) is 12.8 Å². The first-order valence-electron chi connectivity index (χ1n) is 11.1. The number of hydrogen-bond acceptors (Lipinski definition) is 3. The van der Waals surface area contributed by atoms with E-state index in [1.165, 1.54) is 0 Å². The second kappa shape index (κ2) is 9.92. The van der Waals surface area contributed by atoms with Gasteiger partial charge in [-0.25, -0.2) is 0 Å². The van der Waals surface area contributed by atoms with Crippen LogP contribution in [0.15, 0.2) is 115 Å². The van der Waals surface area contributed by atoms with E-state index in [9.17, 15) is 4.79 Å². The molecule has 0 fully saturated rings. The van der Waals surface area contributed by atoms with Gasteiger partial charge in [-0.15, -0.1) is 0 Å². The fraction of sp³-hybridized carbons (Fsp3) is 0.0333. The summed E-state index contributed by atoms with van der Waals surface area (Å²) in [6.07, 6.45) is 3.82. The molecule has 4 aromatic carbocycles. The number of rotatable bonds is 6. The summed E-state index contributed by atoms with van der Waals surface area (Å²) in [7, 11) is 1.63. The lowest BCUT2D eigenvalue weighted by Gasteiger charge is -2.21. The summed E-state index contributed by atoms with van der Waals surface area (Å²) in [6, 6.07) is 32.1. The molecular weight excluding hydrogens is 458 g/mol. The normalized spacial score (nSPS) is 14.2. The first kappa shape index (κ1) is 22.5. The molecule has 1 aliphatic heterocycles. The van der Waals surface area contributed by atoms with Gasteiger partial charge in [-0.2, -0.15) is 0 Å². The van der Waals surface area contributed by atoms with Crippen LogP contribution in [0.3, 0.4) is 0 Å². The predicted octanol–water partition coefficient (Wildman–Crippen LogP) is 7.61. The second-order valence-corrected chi connectivity index (χ2v) is 8.40. The molecule has 35 heavy (non-hydrogen) atoms. The molecule has 0 atom stereocenters. The van der Waals surface area contributed by atoms with E-state index >= 15 is 0 Å². The fourth-order valence-electron chi connectivity index (χ4n) is 3.88. The van der Waals surface area contributed by atoms with Gasteiger partial charge in [0.25, 0.3) is 5.91 Å². The Bertz CT molecular complexity index is 1390. The van der Waals surface area contributed by atoms with Crippen LogP contribution in [0.1, 0.15) is 11.1 Å². The van der Waals surface area contributed by atoms with Crippen molar-refractivity contribution in [2.45, 2.75) is 0 Å². The van der Waals surface area contributed by atoms with Crippen LogP contribution >= 0.6 is 11.6 Å². The zero-order chi connectivity index (χ0) is 24.2. The van der Waals surface area contributed by atoms with E-state index in [0.29, 0.717) is 22.1 Å². The zero-order valence-electron chi connectivity index (χ0n) is 19.0. The first-order valence-corrected chi connectivity index (χ1v) is 11.5. The van der Waals surface area contributed by atoms with Crippen LogP contribution in [0.2, 0.25) is 5.02 Å². The third kappa shape index (κ3) is 4.98. The molecule has 0 N–H and O–H groups in total. The summed E-state index contributed by atoms with van der Waals surface area (Å²) in [5.41, 5.74) is 4.01. The van der Waals surface area contributed by atoms with E-state index in [1.807, 2.05) is 115 Å². The SMILES string of the molecule is COc1ccc(Oc2ccc(N3C(=O)/C(=C/c4ccccc4)C=C3c3ccc(Cl)cc3)cc2)cc1. The average Bonchev–Trinajstić information content (AvgIpc) is 3.21. The van der Waals surface area contributed by atoms with E-state index in [2.05, 4.69) is 0 Å². The number of hydrogen-bond donors (Lipinski definition) is 0. The van der Waals surface area contributed by atoms with Crippen LogP contribution in [-0.2, 0) is 4.79 Å². The van der Waals surface area contributed by atoms with Crippen LogP contribution in [0.5, 0.6) is 17.2 Å². The molecule has 1 amide bonds. The molecule has 0 saturated carbocycles. The molecule has 0 saturated heterocycles. The molecule has 172 valence electrons. The highest BCUT2D eigenvalue weighted by molar-refractivity contribution is 6.30. The molecule has 1 aliphatic rings. The summed E-state index contributed by atoms with van der Waals surface area (Å²) < 4.78 is 11.1. The maximum absolute atomic E-state index is 13.5. The lowest BCUT2D eigenvalue weighted by molar-refractivity contribution is -0.113. The smallest absolute Gasteiger partial charge is 0.262 e. The number of carbonyl (C=O) groups is 1. The maximum Gasteiger partial charge on any atom is 0.262 e. The Kier molecular flexibility index (Phi) is 6.38. The van der Waals surface area contributed by atoms with Gasteiger partial charge in [-0.05, 0) is 83.9 Å². The number of benzene rings is 4. The molecule has 4 aromatic rings. The van der Waals surface area contributed by atoms with Gasteiger partial charge in [0.2, 0.25) is 0 Å². The number of halogens is 1. The Balaban J connectivity index is 1.46. The molecule has 5 heteroatoms. The van der Waals surface area contributed by atoms with Crippen molar-refractivity contribution in [2.75, 3.05) is 12.0 Å². The highest BCUT2D eigenvalue weighted by Gasteiger charge is 2.30. The van der Waals surface area contributed by atoms with Crippen LogP contribution in [0.25, 0.3) is 11.8 Å². The summed E-state index contributed by atoms with van der Waals surface area (Å²) in [5.74, 6) is 2.04. The maximum atomic E-state index is 13.5. The standard InChI is InChI=1S/C30H22ClNO3/c1-34-26-15-17-28(18-16-26)35-27-13-11-25(12-14-27)32-29(22-7-9-24(31)10-8-22)20-23(30(32)33)19-21-5-3-2-4-6-21/h2-20H,1H3/b23-19+. The van der Waals surface area contributed by atoms with Crippen molar-refractivity contribution in [3.63, 3.8) is 0 Å². The minimum Gasteiger partial charge on any atom is -0.497 e. The van der Waals surface area contributed by atoms with E-state index in [1.54, 1.807) is 12.0 Å². The van der Waals surface area contributed by atoms with Crippen LogP contribution < -0.4 is 14.4 Å². The molecule has 0 bridgehead atoms. The van der Waals surface area contributed by atoms with Crippen molar-refractivity contribution in [1.82, 2.24) is 0 Å². The molecule has 1 heterocycles. The predicted molar refractivity (Wildman–Crippen MR) is 141 cm³/mol. The minimum absolute atomic E-state index is 0.0948. The lowest BCUT2D eigenvalue weighted by atomic mass is 10.1. The van der Waals surface area contributed by atoms with Crippen molar-refractivity contribution in [3.05, 3.63) is 131 Å². The Hall–Kier alpha value is -4.28. The number of amides is 1. The Morgan fingerprint density at radius 3 is 1.97 bits per heavy atom. The number of ether oxygens (including phenoxy) is 2. The van der Waals surface area contributed by atoms with Gasteiger partial charge in [0.15, 0.2) is 0 Å². The molecule has 0 unspecified atom stereocenters. The van der Waals surface area contributed by atoms with Gasteiger partial charge in [-0.1, -0.05) is 54.1 Å². The molecular formula is C30H22ClNO3. The van der Waals surface area contributed by atoms with E-state index in [-0.39, 0.29) is 5.91 Å². The fourth-order valence-corrected chi connectivity index (χ4v) is 4.00. The summed E-state index contributed by atoms with van der Waals surface area (Å²) in [6.45, 7) is 0. The van der Waals surface area contributed by atoms with Crippen LogP contribution in [0, 0.1) is 0 Å². The molecule has 4 nitrogen and oxygen atoms in total. The van der Waals surface area contributed by atoms with Gasteiger partial charge in [-0.3, -0.25) is 9.69 Å². The zero-order valence-corrected chi connectivity index (χ0v) is 19.8. The topological polar surface area (TPSA) is 38.8 Å². The summed E-state index contributed by atoms with van der Waals surface area (Å²) >= 11 is 6.10. The third-order valence-corrected chi connectivity index (χ3v) is 5.89. The van der Waals surface area contributed by atoms with Crippen molar-refractivity contribution in [1.29, 1.82) is 0 Å². The van der Waals surface area contributed by atoms with Gasteiger partial charge >= 0.3 is 0 Å². The second-order valence-electron chi connectivity index (χ2n) is 7.96. The molecule has 0 aromatic heterocycles. The largest absolute Gasteiger partial charge is 0.497 e. The average molecular weight is 480 g/mol. The Labute approximate surface area is 209 Å². The van der Waals surface area contributed by atoms with Crippen molar-refractivity contribution in [3.8, 4) is 17.2 Å². The molecule has 0 radical (unpaired) electrons. The van der Waals surface area contributed by atoms with Gasteiger partial charge in [0.1, 0.15) is 17.2 Å². The molecule has 5 rings (SSSR count). The molecule has 0 spiro atoms. The van der Waals surface area contributed by atoms with Crippen molar-refractivity contribution in [2.24, 2.45) is 0 Å². The van der Waals surface area contributed by atoms with Crippen LogP contribution in [0.4, 0.5) is 5.69 Å². The third-order valence-electron chi connectivity index (χ3n) is 5.63.